The van der Waals surface area contributed by atoms with Gasteiger partial charge >= 0.3 is 0 Å². The molecular formula is C17H20O. The van der Waals surface area contributed by atoms with Crippen LogP contribution in [0.3, 0.4) is 0 Å². The second-order valence-electron chi connectivity index (χ2n) is 5.21. The maximum atomic E-state index is 5.94. The predicted molar refractivity (Wildman–Crippen MR) is 73.8 cm³/mol. The van der Waals surface area contributed by atoms with Crippen molar-refractivity contribution in [2.45, 2.75) is 44.9 Å². The zero-order chi connectivity index (χ0) is 12.2. The SMILES string of the molecule is c1ccc(CCCc2cc3c(o2)CCCC3)cc1. The van der Waals surface area contributed by atoms with E-state index in [4.69, 9.17) is 4.42 Å². The molecule has 0 saturated carbocycles. The van der Waals surface area contributed by atoms with Crippen molar-refractivity contribution in [2.24, 2.45) is 0 Å². The van der Waals surface area contributed by atoms with Gasteiger partial charge in [0.05, 0.1) is 0 Å². The maximum Gasteiger partial charge on any atom is 0.107 e. The summed E-state index contributed by atoms with van der Waals surface area (Å²) < 4.78 is 5.94. The summed E-state index contributed by atoms with van der Waals surface area (Å²) in [6.45, 7) is 0. The highest BCUT2D eigenvalue weighted by molar-refractivity contribution is 5.24. The smallest absolute Gasteiger partial charge is 0.107 e. The molecule has 0 spiro atoms. The highest BCUT2D eigenvalue weighted by atomic mass is 16.3. The van der Waals surface area contributed by atoms with Crippen LogP contribution in [0.15, 0.2) is 40.8 Å². The van der Waals surface area contributed by atoms with Gasteiger partial charge in [0.15, 0.2) is 0 Å². The molecule has 0 bridgehead atoms. The largest absolute Gasteiger partial charge is 0.466 e. The quantitative estimate of drug-likeness (QED) is 0.775. The van der Waals surface area contributed by atoms with Crippen LogP contribution in [0.4, 0.5) is 0 Å². The van der Waals surface area contributed by atoms with Crippen LogP contribution >= 0.6 is 0 Å². The monoisotopic (exact) mass is 240 g/mol. The van der Waals surface area contributed by atoms with E-state index >= 15 is 0 Å². The Morgan fingerprint density at radius 2 is 1.78 bits per heavy atom. The molecule has 0 saturated heterocycles. The summed E-state index contributed by atoms with van der Waals surface area (Å²) in [5.74, 6) is 2.45. The number of benzene rings is 1. The van der Waals surface area contributed by atoms with Crippen LogP contribution in [0.2, 0.25) is 0 Å². The van der Waals surface area contributed by atoms with Crippen molar-refractivity contribution >= 4 is 0 Å². The lowest BCUT2D eigenvalue weighted by Gasteiger charge is -2.07. The van der Waals surface area contributed by atoms with Crippen molar-refractivity contribution < 1.29 is 4.42 Å². The number of hydrogen-bond acceptors (Lipinski definition) is 1. The molecule has 1 heterocycles. The van der Waals surface area contributed by atoms with Crippen LogP contribution in [-0.2, 0) is 25.7 Å². The van der Waals surface area contributed by atoms with E-state index in [1.165, 1.54) is 48.3 Å². The molecule has 0 radical (unpaired) electrons. The molecule has 0 unspecified atom stereocenters. The molecule has 1 aliphatic rings. The Hall–Kier alpha value is -1.50. The van der Waals surface area contributed by atoms with Gasteiger partial charge in [0, 0.05) is 12.8 Å². The molecule has 1 aliphatic carbocycles. The zero-order valence-electron chi connectivity index (χ0n) is 10.8. The molecule has 0 amide bonds. The van der Waals surface area contributed by atoms with E-state index in [1.807, 2.05) is 0 Å². The lowest BCUT2D eigenvalue weighted by Crippen LogP contribution is -1.97. The van der Waals surface area contributed by atoms with E-state index in [0.29, 0.717) is 0 Å². The van der Waals surface area contributed by atoms with Crippen molar-refractivity contribution in [2.75, 3.05) is 0 Å². The molecule has 3 rings (SSSR count). The molecule has 0 atom stereocenters. The van der Waals surface area contributed by atoms with Crippen LogP contribution in [0.5, 0.6) is 0 Å². The third-order valence-electron chi connectivity index (χ3n) is 3.78. The van der Waals surface area contributed by atoms with Crippen LogP contribution in [-0.4, -0.2) is 0 Å². The Labute approximate surface area is 109 Å². The Morgan fingerprint density at radius 1 is 0.944 bits per heavy atom. The van der Waals surface area contributed by atoms with Crippen molar-refractivity contribution in [3.05, 3.63) is 59.0 Å². The van der Waals surface area contributed by atoms with Gasteiger partial charge in [-0.25, -0.2) is 0 Å². The first-order valence-corrected chi connectivity index (χ1v) is 7.06. The van der Waals surface area contributed by atoms with Crippen molar-refractivity contribution in [1.29, 1.82) is 0 Å². The van der Waals surface area contributed by atoms with Gasteiger partial charge in [-0.1, -0.05) is 30.3 Å². The summed E-state index contributed by atoms with van der Waals surface area (Å²) in [5.41, 5.74) is 2.89. The molecule has 1 aromatic heterocycles. The molecule has 0 aliphatic heterocycles. The van der Waals surface area contributed by atoms with E-state index < -0.39 is 0 Å². The van der Waals surface area contributed by atoms with E-state index in [0.717, 1.165) is 19.3 Å². The fourth-order valence-corrected chi connectivity index (χ4v) is 2.79. The Balaban J connectivity index is 1.55. The van der Waals surface area contributed by atoms with Gasteiger partial charge in [0.25, 0.3) is 0 Å². The Morgan fingerprint density at radius 3 is 2.61 bits per heavy atom. The van der Waals surface area contributed by atoms with Gasteiger partial charge in [0.2, 0.25) is 0 Å². The number of rotatable bonds is 4. The third kappa shape index (κ3) is 2.66. The summed E-state index contributed by atoms with van der Waals surface area (Å²) in [6, 6.07) is 13.0. The van der Waals surface area contributed by atoms with Gasteiger partial charge < -0.3 is 4.42 Å². The van der Waals surface area contributed by atoms with E-state index in [-0.39, 0.29) is 0 Å². The molecule has 18 heavy (non-hydrogen) atoms. The lowest BCUT2D eigenvalue weighted by molar-refractivity contribution is 0.440. The standard InChI is InChI=1S/C17H20O/c1-2-7-14(8-3-1)9-6-11-16-13-15-10-4-5-12-17(15)18-16/h1-3,7-8,13H,4-6,9-12H2. The number of fused-ring (bicyclic) bond motifs is 1. The topological polar surface area (TPSA) is 13.1 Å². The Bertz CT molecular complexity index is 472. The van der Waals surface area contributed by atoms with E-state index in [2.05, 4.69) is 36.4 Å². The molecule has 1 heteroatoms. The highest BCUT2D eigenvalue weighted by Crippen LogP contribution is 2.25. The second kappa shape index (κ2) is 5.43. The summed E-state index contributed by atoms with van der Waals surface area (Å²) in [6.07, 6.45) is 8.38. The first-order valence-electron chi connectivity index (χ1n) is 7.06. The Kier molecular flexibility index (Phi) is 3.49. The fraction of sp³-hybridized carbons (Fsp3) is 0.412. The first-order chi connectivity index (χ1) is 8.92. The molecule has 0 fully saturated rings. The minimum Gasteiger partial charge on any atom is -0.466 e. The fourth-order valence-electron chi connectivity index (χ4n) is 2.79. The van der Waals surface area contributed by atoms with E-state index in [9.17, 15) is 0 Å². The average molecular weight is 240 g/mol. The third-order valence-corrected chi connectivity index (χ3v) is 3.78. The second-order valence-corrected chi connectivity index (χ2v) is 5.21. The highest BCUT2D eigenvalue weighted by Gasteiger charge is 2.14. The van der Waals surface area contributed by atoms with Gasteiger partial charge in [-0.15, -0.1) is 0 Å². The zero-order valence-corrected chi connectivity index (χ0v) is 10.8. The van der Waals surface area contributed by atoms with Gasteiger partial charge in [-0.2, -0.15) is 0 Å². The minimum absolute atomic E-state index is 1.07. The van der Waals surface area contributed by atoms with Gasteiger partial charge in [-0.05, 0) is 49.3 Å². The molecular weight excluding hydrogens is 220 g/mol. The molecule has 94 valence electrons. The van der Waals surface area contributed by atoms with Crippen molar-refractivity contribution in [3.8, 4) is 0 Å². The van der Waals surface area contributed by atoms with Crippen LogP contribution < -0.4 is 0 Å². The summed E-state index contributed by atoms with van der Waals surface area (Å²) in [4.78, 5) is 0. The van der Waals surface area contributed by atoms with Gasteiger partial charge in [-0.3, -0.25) is 0 Å². The average Bonchev–Trinajstić information content (AvgIpc) is 2.82. The van der Waals surface area contributed by atoms with Crippen LogP contribution in [0.1, 0.15) is 41.9 Å². The first kappa shape index (κ1) is 11.6. The summed E-state index contributed by atoms with van der Waals surface area (Å²) in [7, 11) is 0. The van der Waals surface area contributed by atoms with Crippen molar-refractivity contribution in [3.63, 3.8) is 0 Å². The maximum absolute atomic E-state index is 5.94. The summed E-state index contributed by atoms with van der Waals surface area (Å²) >= 11 is 0. The number of furan rings is 1. The van der Waals surface area contributed by atoms with Crippen molar-refractivity contribution in [1.82, 2.24) is 0 Å². The molecule has 1 aromatic carbocycles. The molecule has 0 N–H and O–H groups in total. The number of aryl methyl sites for hydroxylation is 4. The summed E-state index contributed by atoms with van der Waals surface area (Å²) in [5, 5.41) is 0. The van der Waals surface area contributed by atoms with Crippen LogP contribution in [0, 0.1) is 0 Å². The van der Waals surface area contributed by atoms with Gasteiger partial charge in [0.1, 0.15) is 11.5 Å². The molecule has 1 nitrogen and oxygen atoms in total. The number of hydrogen-bond donors (Lipinski definition) is 0. The predicted octanol–water partition coefficient (Wildman–Crippen LogP) is 4.33. The normalized spacial score (nSPS) is 14.4. The minimum atomic E-state index is 1.07. The van der Waals surface area contributed by atoms with E-state index in [1.54, 1.807) is 0 Å². The molecule has 2 aromatic rings. The lowest BCUT2D eigenvalue weighted by atomic mass is 9.98. The van der Waals surface area contributed by atoms with Crippen LogP contribution in [0.25, 0.3) is 0 Å².